The molecule has 0 aromatic rings. The van der Waals surface area contributed by atoms with Crippen molar-refractivity contribution in [2.75, 3.05) is 167 Å². The highest BCUT2D eigenvalue weighted by molar-refractivity contribution is 4.58. The van der Waals surface area contributed by atoms with E-state index >= 15 is 0 Å². The number of rotatable bonds is 46. The van der Waals surface area contributed by atoms with Gasteiger partial charge in [-0.25, -0.2) is 0 Å². The second-order valence-corrected chi connectivity index (χ2v) is 19.1. The molecule has 0 amide bonds. The standard InChI is InChI=1S/C11H24O4.C8H18O3.C7H16O3.2C7H16O2.2C6H14O2.C5H12O2.C4H10O.6CH4/c1-9(12)7-15-8-11(13)6-4-5-10(2)14-3;1-2-3-5-10-7-8-11-6-4-9;1-6(8)4-10-5-7(2)9-3;1-3-4-5-9-6-7(2)8;1-3-5-9-7-6-8-4-2;1-3-4-8-6-5-7-2;1-3-4-8-5-6(2)7;1-3-7-4-5(2)6;1-3-4(2)5;;;;;;/h9-13H,4-8H2,1-3H3;9H,2-8H2,1H3;6-8H,4-5H2,1-3H3;7-8H,3-6H2,1-2H3;3-7H2,1-2H3;3-6H2,1-2H3;6-7H,3-5H2,1-2H3;5-6H,3-4H2,1-2H3;4-5H,3H2,1-2H3;6*1H4. The molecule has 0 fully saturated rings. The quantitative estimate of drug-likeness (QED) is 0.0263. The van der Waals surface area contributed by atoms with Crippen molar-refractivity contribution in [2.45, 2.75) is 281 Å². The molecule has 0 aromatic heterocycles. The van der Waals surface area contributed by atoms with Crippen LogP contribution in [-0.2, 0) is 61.6 Å². The maximum Gasteiger partial charge on any atom is 0.0776 e. The summed E-state index contributed by atoms with van der Waals surface area (Å²) < 4.78 is 65.4. The Morgan fingerprint density at radius 3 is 0.932 bits per heavy atom. The van der Waals surface area contributed by atoms with Crippen molar-refractivity contribution in [3.63, 3.8) is 0 Å². The molecule has 0 bridgehead atoms. The van der Waals surface area contributed by atoms with E-state index in [-0.39, 0.29) is 101 Å². The Balaban J connectivity index is -0.0000000526. The van der Waals surface area contributed by atoms with Crippen LogP contribution in [0.25, 0.3) is 0 Å². The lowest BCUT2D eigenvalue weighted by atomic mass is 10.1. The van der Waals surface area contributed by atoms with Gasteiger partial charge in [-0.15, -0.1) is 0 Å². The number of unbranched alkanes of at least 4 members (excludes halogenated alkanes) is 2. The van der Waals surface area contributed by atoms with Crippen LogP contribution < -0.4 is 0 Å². The van der Waals surface area contributed by atoms with Crippen LogP contribution in [0.2, 0.25) is 0 Å². The van der Waals surface area contributed by atoms with Crippen LogP contribution >= 0.6 is 0 Å². The SMILES string of the molecule is C.C.C.C.C.C.CCC(C)O.CCCCOCC(C)O.CCCCOCCOCCO.CCCOCC(C)O.CCCOCCOC.CCCOCCOCC.CCOCC(C)O.COC(C)CCCC(O)COCC(C)O.COC(C)COCC(C)O. The Hall–Kier alpha value is -0.840. The van der Waals surface area contributed by atoms with Crippen LogP contribution in [0, 0.1) is 0 Å². The Kier molecular flexibility index (Phi) is 169. The minimum atomic E-state index is -0.467. The van der Waals surface area contributed by atoms with E-state index in [4.69, 9.17) is 97.3 Å². The first kappa shape index (κ1) is 124. The average molecular weight is 1310 g/mol. The molecule has 0 aliphatic rings. The van der Waals surface area contributed by atoms with Crippen molar-refractivity contribution in [3.8, 4) is 0 Å². The van der Waals surface area contributed by atoms with Crippen molar-refractivity contribution >= 4 is 0 Å². The van der Waals surface area contributed by atoms with Crippen LogP contribution in [-0.4, -0.2) is 262 Å². The molecule has 0 spiro atoms. The van der Waals surface area contributed by atoms with E-state index in [1.54, 1.807) is 62.9 Å². The van der Waals surface area contributed by atoms with Gasteiger partial charge in [-0.3, -0.25) is 0 Å². The summed E-state index contributed by atoms with van der Waals surface area (Å²) in [5, 5.41) is 69.8. The largest absolute Gasteiger partial charge is 0.394 e. The van der Waals surface area contributed by atoms with E-state index < -0.39 is 12.2 Å². The monoisotopic (exact) mass is 1310 g/mol. The summed E-state index contributed by atoms with van der Waals surface area (Å²) >= 11 is 0. The minimum absolute atomic E-state index is 0. The molecule has 0 saturated carbocycles. The third-order valence-corrected chi connectivity index (χ3v) is 9.15. The van der Waals surface area contributed by atoms with Crippen LogP contribution in [0.5, 0.6) is 0 Å². The maximum atomic E-state index is 9.50. The fourth-order valence-electron chi connectivity index (χ4n) is 4.41. The number of hydrogen-bond acceptors (Lipinski definition) is 21. The van der Waals surface area contributed by atoms with Crippen LogP contribution in [0.4, 0.5) is 0 Å². The molecule has 21 nitrogen and oxygen atoms in total. The topological polar surface area (TPSA) is 282 Å². The molecule has 0 aromatic carbocycles. The van der Waals surface area contributed by atoms with Gasteiger partial charge in [0.15, 0.2) is 0 Å². The molecule has 0 saturated heterocycles. The van der Waals surface area contributed by atoms with Gasteiger partial charge in [-0.05, 0) is 127 Å². The van der Waals surface area contributed by atoms with Crippen molar-refractivity contribution in [3.05, 3.63) is 0 Å². The molecule has 8 N–H and O–H groups in total. The lowest BCUT2D eigenvalue weighted by molar-refractivity contribution is -0.0118. The second-order valence-electron chi connectivity index (χ2n) is 19.1. The summed E-state index contributed by atoms with van der Waals surface area (Å²) in [6.07, 6.45) is 9.16. The van der Waals surface area contributed by atoms with Gasteiger partial charge in [0, 0.05) is 67.6 Å². The number of methoxy groups -OCH3 is 3. The Morgan fingerprint density at radius 1 is 0.284 bits per heavy atom. The highest BCUT2D eigenvalue weighted by Crippen LogP contribution is 2.06. The zero-order valence-electron chi connectivity index (χ0n) is 56.4. The molecule has 0 rings (SSSR count). The van der Waals surface area contributed by atoms with E-state index in [9.17, 15) is 5.11 Å². The van der Waals surface area contributed by atoms with Gasteiger partial charge < -0.3 is 102 Å². The number of ether oxygens (including phenoxy) is 13. The second kappa shape index (κ2) is 120. The molecular weight excluding hydrogens is 1140 g/mol. The lowest BCUT2D eigenvalue weighted by Gasteiger charge is -2.13. The fraction of sp³-hybridized carbons (Fsp3) is 1.00. The minimum Gasteiger partial charge on any atom is -0.394 e. The first-order valence-electron chi connectivity index (χ1n) is 30.7. The van der Waals surface area contributed by atoms with Crippen LogP contribution in [0.3, 0.4) is 0 Å². The molecule has 21 heteroatoms. The van der Waals surface area contributed by atoms with Crippen LogP contribution in [0.1, 0.15) is 226 Å². The average Bonchev–Trinajstić information content (AvgIpc) is 3.43. The summed E-state index contributed by atoms with van der Waals surface area (Å²) in [4.78, 5) is 0. The van der Waals surface area contributed by atoms with Crippen LogP contribution in [0.15, 0.2) is 0 Å². The normalized spacial score (nSPS) is 12.7. The summed E-state index contributed by atoms with van der Waals surface area (Å²) in [6.45, 7) is 43.6. The van der Waals surface area contributed by atoms with Crippen molar-refractivity contribution in [1.82, 2.24) is 0 Å². The van der Waals surface area contributed by atoms with E-state index in [0.717, 1.165) is 124 Å². The van der Waals surface area contributed by atoms with Gasteiger partial charge >= 0.3 is 0 Å². The summed E-state index contributed by atoms with van der Waals surface area (Å²) in [5.41, 5.74) is 0. The third kappa shape index (κ3) is 185. The van der Waals surface area contributed by atoms with E-state index in [1.165, 1.54) is 0 Å². The highest BCUT2D eigenvalue weighted by atomic mass is 16.5. The Morgan fingerprint density at radius 2 is 0.602 bits per heavy atom. The summed E-state index contributed by atoms with van der Waals surface area (Å²) in [5.74, 6) is 0. The summed E-state index contributed by atoms with van der Waals surface area (Å²) in [6, 6.07) is 0. The first-order valence-corrected chi connectivity index (χ1v) is 30.7. The molecule has 558 valence electrons. The third-order valence-electron chi connectivity index (χ3n) is 9.15. The van der Waals surface area contributed by atoms with Gasteiger partial charge in [0.1, 0.15) is 0 Å². The smallest absolute Gasteiger partial charge is 0.0776 e. The maximum absolute atomic E-state index is 9.50. The predicted molar refractivity (Wildman–Crippen MR) is 373 cm³/mol. The lowest BCUT2D eigenvalue weighted by Crippen LogP contribution is -2.20. The number of aliphatic hydroxyl groups is 8. The molecule has 88 heavy (non-hydrogen) atoms. The zero-order chi connectivity index (χ0) is 64.7. The molecule has 9 unspecified atom stereocenters. The molecule has 0 radical (unpaired) electrons. The van der Waals surface area contributed by atoms with Gasteiger partial charge in [0.2, 0.25) is 0 Å². The van der Waals surface area contributed by atoms with Gasteiger partial charge in [-0.2, -0.15) is 0 Å². The first-order chi connectivity index (χ1) is 39.0. The van der Waals surface area contributed by atoms with E-state index in [2.05, 4.69) is 27.7 Å². The predicted octanol–water partition coefficient (Wildman–Crippen LogP) is 11.7. The molecule has 9 atom stereocenters. The Bertz CT molecular complexity index is 941. The highest BCUT2D eigenvalue weighted by Gasteiger charge is 2.07. The van der Waals surface area contributed by atoms with Gasteiger partial charge in [0.25, 0.3) is 0 Å². The number of hydrogen-bond donors (Lipinski definition) is 8. The molecular formula is C67H164O21. The van der Waals surface area contributed by atoms with E-state index in [0.29, 0.717) is 79.1 Å². The Labute approximate surface area is 548 Å². The van der Waals surface area contributed by atoms with Crippen molar-refractivity contribution in [1.29, 1.82) is 0 Å². The number of aliphatic hydroxyl groups excluding tert-OH is 8. The van der Waals surface area contributed by atoms with Gasteiger partial charge in [0.05, 0.1) is 154 Å². The zero-order valence-corrected chi connectivity index (χ0v) is 56.4. The van der Waals surface area contributed by atoms with Crippen molar-refractivity contribution < 1.29 is 102 Å². The summed E-state index contributed by atoms with van der Waals surface area (Å²) in [7, 11) is 5.00. The van der Waals surface area contributed by atoms with Gasteiger partial charge in [-0.1, -0.05) is 98.9 Å². The van der Waals surface area contributed by atoms with Crippen molar-refractivity contribution in [2.24, 2.45) is 0 Å². The fourth-order valence-corrected chi connectivity index (χ4v) is 4.41. The molecule has 0 aliphatic carbocycles. The molecule has 0 aliphatic heterocycles. The van der Waals surface area contributed by atoms with E-state index in [1.807, 2.05) is 41.5 Å². The molecule has 0 heterocycles.